The van der Waals surface area contributed by atoms with Crippen molar-refractivity contribution in [1.82, 2.24) is 4.98 Å². The first-order valence-electron chi connectivity index (χ1n) is 5.66. The van der Waals surface area contributed by atoms with E-state index in [0.717, 1.165) is 18.0 Å². The van der Waals surface area contributed by atoms with Gasteiger partial charge in [-0.1, -0.05) is 39.8 Å². The Bertz CT molecular complexity index is 284. The predicted octanol–water partition coefficient (Wildman–Crippen LogP) is 4.48. The van der Waals surface area contributed by atoms with E-state index < -0.39 is 0 Å². The van der Waals surface area contributed by atoms with E-state index in [9.17, 15) is 0 Å². The lowest BCUT2D eigenvalue weighted by Crippen LogP contribution is -1.83. The van der Waals surface area contributed by atoms with Crippen molar-refractivity contribution in [3.05, 3.63) is 35.7 Å². The van der Waals surface area contributed by atoms with Crippen molar-refractivity contribution in [1.29, 1.82) is 0 Å². The lowest BCUT2D eigenvalue weighted by molar-refractivity contribution is 0.737. The van der Waals surface area contributed by atoms with Crippen LogP contribution in [0.3, 0.4) is 0 Å². The van der Waals surface area contributed by atoms with Gasteiger partial charge in [0.25, 0.3) is 0 Å². The summed E-state index contributed by atoms with van der Waals surface area (Å²) < 4.78 is 0. The van der Waals surface area contributed by atoms with Gasteiger partial charge in [-0.15, -0.1) is 0 Å². The topological polar surface area (TPSA) is 12.9 Å². The van der Waals surface area contributed by atoms with Gasteiger partial charge >= 0.3 is 0 Å². The van der Waals surface area contributed by atoms with E-state index in [2.05, 4.69) is 57.8 Å². The van der Waals surface area contributed by atoms with Crippen molar-refractivity contribution in [3.63, 3.8) is 0 Å². The van der Waals surface area contributed by atoms with Gasteiger partial charge in [0.2, 0.25) is 0 Å². The first kappa shape index (κ1) is 13.9. The number of hydrogen-bond acceptors (Lipinski definition) is 1. The van der Waals surface area contributed by atoms with Crippen LogP contribution in [0.1, 0.15) is 45.4 Å². The third-order valence-electron chi connectivity index (χ3n) is 1.56. The number of nitrogens with zero attached hydrogens (tertiary/aromatic N) is 1. The summed E-state index contributed by atoms with van der Waals surface area (Å²) in [6.45, 7) is 10.7. The quantitative estimate of drug-likeness (QED) is 0.694. The van der Waals surface area contributed by atoms with Crippen LogP contribution in [0.4, 0.5) is 0 Å². The molecular weight excluding hydrogens is 182 g/mol. The standard InChI is InChI=1S/C10H13N.C4H10/c1-3-4-7-10-9(2)6-5-8-11-10;1-4(2)3/h4-8H,3H2,1-2H3;4H,1-3H3/b7-4-;. The van der Waals surface area contributed by atoms with Crippen LogP contribution < -0.4 is 0 Å². The van der Waals surface area contributed by atoms with Gasteiger partial charge in [0.05, 0.1) is 5.69 Å². The molecular formula is C14H23N. The summed E-state index contributed by atoms with van der Waals surface area (Å²) in [6.07, 6.45) is 7.07. The van der Waals surface area contributed by atoms with E-state index in [4.69, 9.17) is 0 Å². The summed E-state index contributed by atoms with van der Waals surface area (Å²) in [4.78, 5) is 4.23. The van der Waals surface area contributed by atoms with Crippen LogP contribution in [0.25, 0.3) is 6.08 Å². The fourth-order valence-electron chi connectivity index (χ4n) is 0.902. The summed E-state index contributed by atoms with van der Waals surface area (Å²) in [7, 11) is 0. The fraction of sp³-hybridized carbons (Fsp3) is 0.500. The maximum absolute atomic E-state index is 4.23. The van der Waals surface area contributed by atoms with Crippen LogP contribution in [0.2, 0.25) is 0 Å². The largest absolute Gasteiger partial charge is 0.257 e. The van der Waals surface area contributed by atoms with Gasteiger partial charge in [0.1, 0.15) is 0 Å². The third kappa shape index (κ3) is 7.92. The summed E-state index contributed by atoms with van der Waals surface area (Å²) in [5.74, 6) is 0.833. The number of pyridine rings is 1. The van der Waals surface area contributed by atoms with Crippen molar-refractivity contribution in [2.24, 2.45) is 5.92 Å². The average molecular weight is 205 g/mol. The molecule has 0 spiro atoms. The Balaban J connectivity index is 0.000000423. The maximum Gasteiger partial charge on any atom is 0.0655 e. The van der Waals surface area contributed by atoms with Crippen LogP contribution in [-0.2, 0) is 0 Å². The lowest BCUT2D eigenvalue weighted by Gasteiger charge is -1.95. The van der Waals surface area contributed by atoms with Gasteiger partial charge in [-0.3, -0.25) is 4.98 Å². The Morgan fingerprint density at radius 1 is 1.33 bits per heavy atom. The van der Waals surface area contributed by atoms with Crippen LogP contribution in [0.5, 0.6) is 0 Å². The fourth-order valence-corrected chi connectivity index (χ4v) is 0.902. The van der Waals surface area contributed by atoms with Gasteiger partial charge < -0.3 is 0 Å². The number of allylic oxidation sites excluding steroid dienone is 1. The molecule has 0 aromatic carbocycles. The molecule has 84 valence electrons. The molecule has 0 amide bonds. The molecule has 0 aliphatic rings. The maximum atomic E-state index is 4.23. The van der Waals surface area contributed by atoms with Crippen molar-refractivity contribution in [3.8, 4) is 0 Å². The molecule has 0 bridgehead atoms. The Kier molecular flexibility index (Phi) is 7.61. The van der Waals surface area contributed by atoms with Crippen LogP contribution in [0, 0.1) is 12.8 Å². The molecule has 0 radical (unpaired) electrons. The highest BCUT2D eigenvalue weighted by Gasteiger charge is 1.90. The minimum Gasteiger partial charge on any atom is -0.257 e. The third-order valence-corrected chi connectivity index (χ3v) is 1.56. The minimum absolute atomic E-state index is 0.833. The molecule has 1 heteroatoms. The van der Waals surface area contributed by atoms with E-state index in [-0.39, 0.29) is 0 Å². The molecule has 0 aliphatic carbocycles. The highest BCUT2D eigenvalue weighted by Crippen LogP contribution is 2.04. The molecule has 0 saturated carbocycles. The van der Waals surface area contributed by atoms with E-state index >= 15 is 0 Å². The molecule has 0 aliphatic heterocycles. The molecule has 1 rings (SSSR count). The summed E-state index contributed by atoms with van der Waals surface area (Å²) in [5.41, 5.74) is 2.31. The number of rotatable bonds is 2. The zero-order chi connectivity index (χ0) is 11.7. The monoisotopic (exact) mass is 205 g/mol. The first-order chi connectivity index (χ1) is 7.07. The number of aryl methyl sites for hydroxylation is 1. The molecule has 1 aromatic rings. The first-order valence-corrected chi connectivity index (χ1v) is 5.66. The predicted molar refractivity (Wildman–Crippen MR) is 68.8 cm³/mol. The van der Waals surface area contributed by atoms with Crippen molar-refractivity contribution < 1.29 is 0 Å². The van der Waals surface area contributed by atoms with E-state index in [0.29, 0.717) is 0 Å². The molecule has 1 heterocycles. The van der Waals surface area contributed by atoms with Gasteiger partial charge in [-0.2, -0.15) is 0 Å². The molecule has 0 unspecified atom stereocenters. The molecule has 0 N–H and O–H groups in total. The average Bonchev–Trinajstić information content (AvgIpc) is 2.16. The molecule has 0 atom stereocenters. The normalized spacial score (nSPS) is 10.3. The molecule has 0 fully saturated rings. The van der Waals surface area contributed by atoms with E-state index in [1.165, 1.54) is 5.56 Å². The molecule has 0 saturated heterocycles. The Morgan fingerprint density at radius 3 is 2.40 bits per heavy atom. The Morgan fingerprint density at radius 2 is 1.93 bits per heavy atom. The summed E-state index contributed by atoms with van der Waals surface area (Å²) in [6, 6.07) is 4.03. The molecule has 1 aromatic heterocycles. The van der Waals surface area contributed by atoms with Gasteiger partial charge in [-0.05, 0) is 37.0 Å². The van der Waals surface area contributed by atoms with Gasteiger partial charge in [0.15, 0.2) is 0 Å². The highest BCUT2D eigenvalue weighted by molar-refractivity contribution is 5.48. The summed E-state index contributed by atoms with van der Waals surface area (Å²) >= 11 is 0. The number of hydrogen-bond donors (Lipinski definition) is 0. The highest BCUT2D eigenvalue weighted by atomic mass is 14.7. The van der Waals surface area contributed by atoms with Crippen LogP contribution >= 0.6 is 0 Å². The molecule has 1 nitrogen and oxygen atoms in total. The second-order valence-electron chi connectivity index (χ2n) is 4.25. The zero-order valence-electron chi connectivity index (χ0n) is 10.6. The lowest BCUT2D eigenvalue weighted by atomic mass is 10.2. The van der Waals surface area contributed by atoms with E-state index in [1.807, 2.05) is 12.3 Å². The second kappa shape index (κ2) is 8.22. The zero-order valence-corrected chi connectivity index (χ0v) is 10.6. The van der Waals surface area contributed by atoms with Gasteiger partial charge in [0, 0.05) is 6.20 Å². The Labute approximate surface area is 94.3 Å². The Hall–Kier alpha value is -1.11. The van der Waals surface area contributed by atoms with Crippen LogP contribution in [-0.4, -0.2) is 4.98 Å². The molecule has 15 heavy (non-hydrogen) atoms. The van der Waals surface area contributed by atoms with Gasteiger partial charge in [-0.25, -0.2) is 0 Å². The second-order valence-corrected chi connectivity index (χ2v) is 4.25. The SMILES string of the molecule is CC(C)C.CC/C=C\c1ncccc1C. The minimum atomic E-state index is 0.833. The number of aromatic nitrogens is 1. The van der Waals surface area contributed by atoms with Crippen molar-refractivity contribution >= 4 is 6.08 Å². The smallest absolute Gasteiger partial charge is 0.0655 e. The van der Waals surface area contributed by atoms with Crippen LogP contribution in [0.15, 0.2) is 24.4 Å². The van der Waals surface area contributed by atoms with Crippen molar-refractivity contribution in [2.45, 2.75) is 41.0 Å². The van der Waals surface area contributed by atoms with Crippen molar-refractivity contribution in [2.75, 3.05) is 0 Å². The summed E-state index contributed by atoms with van der Waals surface area (Å²) in [5, 5.41) is 0. The van der Waals surface area contributed by atoms with E-state index in [1.54, 1.807) is 0 Å².